The molecule has 3 aromatic rings. The van der Waals surface area contributed by atoms with Gasteiger partial charge in [-0.05, 0) is 50.5 Å². The normalized spacial score (nSPS) is 17.8. The number of carbonyl (C=O) groups excluding carboxylic acids is 1. The molecule has 2 aromatic heterocycles. The number of aryl methyl sites for hydroxylation is 3. The van der Waals surface area contributed by atoms with E-state index >= 15 is 0 Å². The highest BCUT2D eigenvalue weighted by atomic mass is 19.1. The number of hydrogen-bond acceptors (Lipinski definition) is 2. The highest BCUT2D eigenvalue weighted by Crippen LogP contribution is 2.29. The lowest BCUT2D eigenvalue weighted by molar-refractivity contribution is 0.0698. The molecule has 6 heteroatoms. The third-order valence-corrected chi connectivity index (χ3v) is 5.34. The average molecular weight is 354 g/mol. The van der Waals surface area contributed by atoms with Gasteiger partial charge in [0.15, 0.2) is 0 Å². The fraction of sp³-hybridized carbons (Fsp3) is 0.400. The molecule has 1 amide bonds. The van der Waals surface area contributed by atoms with Crippen molar-refractivity contribution in [2.75, 3.05) is 13.1 Å². The molecule has 0 saturated carbocycles. The monoisotopic (exact) mass is 354 g/mol. The molecule has 0 aliphatic carbocycles. The van der Waals surface area contributed by atoms with Crippen molar-refractivity contribution in [1.29, 1.82) is 0 Å². The van der Waals surface area contributed by atoms with E-state index in [9.17, 15) is 9.18 Å². The number of aromatic amines is 1. The maximum Gasteiger partial charge on any atom is 0.270 e. The van der Waals surface area contributed by atoms with E-state index in [1.54, 1.807) is 6.07 Å². The topological polar surface area (TPSA) is 53.9 Å². The zero-order valence-electron chi connectivity index (χ0n) is 15.3. The molecule has 26 heavy (non-hydrogen) atoms. The second-order valence-electron chi connectivity index (χ2n) is 7.26. The van der Waals surface area contributed by atoms with Crippen LogP contribution in [0.1, 0.15) is 46.3 Å². The lowest BCUT2D eigenvalue weighted by Crippen LogP contribution is -2.40. The van der Waals surface area contributed by atoms with E-state index in [0.29, 0.717) is 12.2 Å². The standard InChI is InChI=1S/C20H23FN4O/c1-12-10-24(3)19(22-12)14-5-4-8-25(11-14)20(26)18-13(2)16-9-15(21)6-7-17(16)23-18/h6-7,9-10,14,23H,4-5,8,11H2,1-3H3/t14-/m1/s1. The number of H-pyrrole nitrogens is 1. The van der Waals surface area contributed by atoms with Crippen molar-refractivity contribution in [2.24, 2.45) is 7.05 Å². The first-order valence-electron chi connectivity index (χ1n) is 9.01. The molecule has 1 atom stereocenters. The van der Waals surface area contributed by atoms with Gasteiger partial charge in [0.2, 0.25) is 0 Å². The van der Waals surface area contributed by atoms with Gasteiger partial charge < -0.3 is 14.5 Å². The molecule has 1 fully saturated rings. The first-order valence-corrected chi connectivity index (χ1v) is 9.01. The number of rotatable bonds is 2. The molecule has 1 saturated heterocycles. The van der Waals surface area contributed by atoms with Gasteiger partial charge in [0, 0.05) is 43.2 Å². The molecule has 1 aliphatic rings. The van der Waals surface area contributed by atoms with Crippen molar-refractivity contribution in [3.8, 4) is 0 Å². The molecule has 1 aromatic carbocycles. The predicted octanol–water partition coefficient (Wildman–Crippen LogP) is 3.68. The number of nitrogens with zero attached hydrogens (tertiary/aromatic N) is 3. The van der Waals surface area contributed by atoms with E-state index in [1.165, 1.54) is 12.1 Å². The Morgan fingerprint density at radius 1 is 1.35 bits per heavy atom. The Kier molecular flexibility index (Phi) is 4.05. The Morgan fingerprint density at radius 3 is 2.88 bits per heavy atom. The summed E-state index contributed by atoms with van der Waals surface area (Å²) in [5.41, 5.74) is 3.15. The lowest BCUT2D eigenvalue weighted by Gasteiger charge is -2.32. The van der Waals surface area contributed by atoms with E-state index in [1.807, 2.05) is 32.0 Å². The Hall–Kier alpha value is -2.63. The third-order valence-electron chi connectivity index (χ3n) is 5.34. The number of halogens is 1. The molecule has 5 nitrogen and oxygen atoms in total. The van der Waals surface area contributed by atoms with Gasteiger partial charge in [-0.3, -0.25) is 4.79 Å². The van der Waals surface area contributed by atoms with Crippen LogP contribution in [-0.2, 0) is 7.05 Å². The number of benzene rings is 1. The molecule has 0 bridgehead atoms. The SMILES string of the molecule is Cc1cn(C)c([C@@H]2CCCN(C(=O)c3[nH]c4ccc(F)cc4c3C)C2)n1. The number of piperidine rings is 1. The fourth-order valence-electron chi connectivity index (χ4n) is 4.06. The minimum atomic E-state index is -0.290. The summed E-state index contributed by atoms with van der Waals surface area (Å²) in [6.07, 6.45) is 4.01. The van der Waals surface area contributed by atoms with E-state index in [2.05, 4.69) is 14.5 Å². The van der Waals surface area contributed by atoms with Gasteiger partial charge in [-0.25, -0.2) is 9.37 Å². The summed E-state index contributed by atoms with van der Waals surface area (Å²) < 4.78 is 15.6. The van der Waals surface area contributed by atoms with Crippen molar-refractivity contribution in [3.05, 3.63) is 53.0 Å². The molecule has 1 aliphatic heterocycles. The maximum atomic E-state index is 13.5. The summed E-state index contributed by atoms with van der Waals surface area (Å²) in [6.45, 7) is 5.26. The van der Waals surface area contributed by atoms with Gasteiger partial charge >= 0.3 is 0 Å². The summed E-state index contributed by atoms with van der Waals surface area (Å²) >= 11 is 0. The van der Waals surface area contributed by atoms with Crippen molar-refractivity contribution in [1.82, 2.24) is 19.4 Å². The van der Waals surface area contributed by atoms with Crippen LogP contribution in [0.5, 0.6) is 0 Å². The van der Waals surface area contributed by atoms with E-state index in [4.69, 9.17) is 0 Å². The molecule has 3 heterocycles. The van der Waals surface area contributed by atoms with Crippen LogP contribution in [0.25, 0.3) is 10.9 Å². The summed E-state index contributed by atoms with van der Waals surface area (Å²) in [4.78, 5) is 22.8. The zero-order valence-corrected chi connectivity index (χ0v) is 15.3. The van der Waals surface area contributed by atoms with Gasteiger partial charge in [0.1, 0.15) is 17.3 Å². The van der Waals surface area contributed by atoms with Gasteiger partial charge in [-0.15, -0.1) is 0 Å². The number of fused-ring (bicyclic) bond motifs is 1. The first kappa shape index (κ1) is 16.8. The maximum absolute atomic E-state index is 13.5. The third kappa shape index (κ3) is 2.79. The molecule has 4 rings (SSSR count). The van der Waals surface area contributed by atoms with E-state index in [-0.39, 0.29) is 17.6 Å². The van der Waals surface area contributed by atoms with E-state index in [0.717, 1.165) is 47.4 Å². The smallest absolute Gasteiger partial charge is 0.270 e. The average Bonchev–Trinajstić information content (AvgIpc) is 3.13. The second kappa shape index (κ2) is 6.27. The highest BCUT2D eigenvalue weighted by Gasteiger charge is 2.29. The number of imidazole rings is 1. The predicted molar refractivity (Wildman–Crippen MR) is 98.8 cm³/mol. The van der Waals surface area contributed by atoms with Gasteiger partial charge in [0.05, 0.1) is 5.69 Å². The van der Waals surface area contributed by atoms with Crippen molar-refractivity contribution in [2.45, 2.75) is 32.6 Å². The number of aromatic nitrogens is 3. The molecule has 0 unspecified atom stereocenters. The minimum absolute atomic E-state index is 0.0188. The van der Waals surface area contributed by atoms with Crippen LogP contribution < -0.4 is 0 Å². The molecular weight excluding hydrogens is 331 g/mol. The van der Waals surface area contributed by atoms with Crippen molar-refractivity contribution in [3.63, 3.8) is 0 Å². The van der Waals surface area contributed by atoms with Crippen LogP contribution in [0.2, 0.25) is 0 Å². The summed E-state index contributed by atoms with van der Waals surface area (Å²) in [5, 5.41) is 0.765. The van der Waals surface area contributed by atoms with Crippen LogP contribution in [-0.4, -0.2) is 38.4 Å². The van der Waals surface area contributed by atoms with Crippen molar-refractivity contribution >= 4 is 16.8 Å². The molecule has 0 spiro atoms. The Labute approximate surface area is 151 Å². The van der Waals surface area contributed by atoms with Crippen LogP contribution in [0.4, 0.5) is 4.39 Å². The highest BCUT2D eigenvalue weighted by molar-refractivity contribution is 6.01. The number of nitrogens with one attached hydrogen (secondary N) is 1. The zero-order chi connectivity index (χ0) is 18.4. The Bertz CT molecular complexity index is 987. The Balaban J connectivity index is 1.62. The number of hydrogen-bond donors (Lipinski definition) is 1. The number of carbonyl (C=O) groups is 1. The quantitative estimate of drug-likeness (QED) is 0.763. The van der Waals surface area contributed by atoms with Crippen LogP contribution in [0.3, 0.4) is 0 Å². The van der Waals surface area contributed by atoms with Crippen LogP contribution in [0, 0.1) is 19.7 Å². The largest absolute Gasteiger partial charge is 0.350 e. The van der Waals surface area contributed by atoms with Crippen molar-refractivity contribution < 1.29 is 9.18 Å². The lowest BCUT2D eigenvalue weighted by atomic mass is 9.96. The number of amides is 1. The summed E-state index contributed by atoms with van der Waals surface area (Å²) in [5.74, 6) is 0.973. The molecule has 136 valence electrons. The minimum Gasteiger partial charge on any atom is -0.350 e. The van der Waals surface area contributed by atoms with Gasteiger partial charge in [0.25, 0.3) is 5.91 Å². The van der Waals surface area contributed by atoms with Crippen LogP contribution in [0.15, 0.2) is 24.4 Å². The molecule has 1 N–H and O–H groups in total. The summed E-state index contributed by atoms with van der Waals surface area (Å²) in [6, 6.07) is 4.57. The molecule has 0 radical (unpaired) electrons. The first-order chi connectivity index (χ1) is 12.4. The van der Waals surface area contributed by atoms with E-state index < -0.39 is 0 Å². The fourth-order valence-corrected chi connectivity index (χ4v) is 4.06. The summed E-state index contributed by atoms with van der Waals surface area (Å²) in [7, 11) is 2.01. The second-order valence-corrected chi connectivity index (χ2v) is 7.26. The van der Waals surface area contributed by atoms with Crippen LogP contribution >= 0.6 is 0 Å². The van der Waals surface area contributed by atoms with Gasteiger partial charge in [-0.1, -0.05) is 0 Å². The van der Waals surface area contributed by atoms with Gasteiger partial charge in [-0.2, -0.15) is 0 Å². The molecular formula is C20H23FN4O. The Morgan fingerprint density at radius 2 is 2.15 bits per heavy atom. The number of likely N-dealkylation sites (tertiary alicyclic amines) is 1.